The fraction of sp³-hybridized carbons (Fsp3) is 0.500. The average molecular weight is 305 g/mol. The van der Waals surface area contributed by atoms with Crippen molar-refractivity contribution in [3.63, 3.8) is 0 Å². The third-order valence-corrected chi connectivity index (χ3v) is 4.75. The summed E-state index contributed by atoms with van der Waals surface area (Å²) < 4.78 is 33.1. The topological polar surface area (TPSA) is 58.6 Å². The van der Waals surface area contributed by atoms with Gasteiger partial charge < -0.3 is 4.74 Å². The van der Waals surface area contributed by atoms with E-state index in [1.54, 1.807) is 6.07 Å². The van der Waals surface area contributed by atoms with Gasteiger partial charge in [0.25, 0.3) is 10.2 Å². The van der Waals surface area contributed by atoms with Crippen LogP contribution in [0.5, 0.6) is 0 Å². The second-order valence-corrected chi connectivity index (χ2v) is 6.48. The molecule has 5 nitrogen and oxygen atoms in total. The number of ether oxygens (including phenoxy) is 1. The molecule has 7 heteroatoms. The summed E-state index contributed by atoms with van der Waals surface area (Å²) in [7, 11) is -3.39. The fourth-order valence-electron chi connectivity index (χ4n) is 1.90. The van der Waals surface area contributed by atoms with E-state index in [1.165, 1.54) is 4.31 Å². The van der Waals surface area contributed by atoms with Gasteiger partial charge in [0.1, 0.15) is 0 Å². The molecule has 1 fully saturated rings. The molecule has 0 saturated carbocycles. The summed E-state index contributed by atoms with van der Waals surface area (Å²) in [6.45, 7) is 2.09. The third kappa shape index (κ3) is 4.43. The first kappa shape index (κ1) is 14.7. The van der Waals surface area contributed by atoms with E-state index in [-0.39, 0.29) is 0 Å². The molecule has 0 atom stereocenters. The summed E-state index contributed by atoms with van der Waals surface area (Å²) in [5.74, 6) is 0. The zero-order valence-electron chi connectivity index (χ0n) is 10.5. The van der Waals surface area contributed by atoms with E-state index in [4.69, 9.17) is 16.3 Å². The SMILES string of the molecule is O=S(=O)(NCCc1cccc(Cl)c1)N1CCOCC1. The highest BCUT2D eigenvalue weighted by atomic mass is 35.5. The molecule has 0 spiro atoms. The molecule has 19 heavy (non-hydrogen) atoms. The first-order valence-corrected chi connectivity index (χ1v) is 7.97. The van der Waals surface area contributed by atoms with Crippen LogP contribution in [-0.4, -0.2) is 45.6 Å². The van der Waals surface area contributed by atoms with Crippen LogP contribution in [0.15, 0.2) is 24.3 Å². The fourth-order valence-corrected chi connectivity index (χ4v) is 3.28. The van der Waals surface area contributed by atoms with Crippen LogP contribution in [0.25, 0.3) is 0 Å². The summed E-state index contributed by atoms with van der Waals surface area (Å²) in [6.07, 6.45) is 0.615. The molecule has 1 aromatic rings. The number of nitrogens with one attached hydrogen (secondary N) is 1. The molecule has 0 aromatic heterocycles. The van der Waals surface area contributed by atoms with Crippen LogP contribution in [0, 0.1) is 0 Å². The number of rotatable bonds is 5. The van der Waals surface area contributed by atoms with Gasteiger partial charge in [0.2, 0.25) is 0 Å². The van der Waals surface area contributed by atoms with Gasteiger partial charge >= 0.3 is 0 Å². The summed E-state index contributed by atoms with van der Waals surface area (Å²) in [5.41, 5.74) is 1.01. The second-order valence-electron chi connectivity index (χ2n) is 4.29. The molecule has 0 amide bonds. The Morgan fingerprint density at radius 1 is 1.32 bits per heavy atom. The van der Waals surface area contributed by atoms with Crippen molar-refractivity contribution in [1.82, 2.24) is 9.03 Å². The quantitative estimate of drug-likeness (QED) is 0.884. The molecule has 0 bridgehead atoms. The first-order chi connectivity index (χ1) is 9.08. The van der Waals surface area contributed by atoms with E-state index >= 15 is 0 Å². The van der Waals surface area contributed by atoms with E-state index in [0.717, 1.165) is 5.56 Å². The molecular weight excluding hydrogens is 288 g/mol. The minimum Gasteiger partial charge on any atom is -0.379 e. The van der Waals surface area contributed by atoms with E-state index in [9.17, 15) is 8.42 Å². The molecule has 0 unspecified atom stereocenters. The molecule has 106 valence electrons. The van der Waals surface area contributed by atoms with Gasteiger partial charge in [0.15, 0.2) is 0 Å². The highest BCUT2D eigenvalue weighted by Crippen LogP contribution is 2.11. The Kier molecular flexibility index (Phi) is 5.18. The van der Waals surface area contributed by atoms with Crippen LogP contribution < -0.4 is 4.72 Å². The zero-order chi connectivity index (χ0) is 13.7. The lowest BCUT2D eigenvalue weighted by atomic mass is 10.2. The highest BCUT2D eigenvalue weighted by molar-refractivity contribution is 7.87. The Balaban J connectivity index is 1.84. The van der Waals surface area contributed by atoms with Gasteiger partial charge in [-0.2, -0.15) is 12.7 Å². The standard InChI is InChI=1S/C12H17ClN2O3S/c13-12-3-1-2-11(10-12)4-5-14-19(16,17)15-6-8-18-9-7-15/h1-3,10,14H,4-9H2. The van der Waals surface area contributed by atoms with Crippen molar-refractivity contribution in [2.24, 2.45) is 0 Å². The predicted molar refractivity (Wildman–Crippen MR) is 74.5 cm³/mol. The average Bonchev–Trinajstić information content (AvgIpc) is 2.40. The predicted octanol–water partition coefficient (Wildman–Crippen LogP) is 1.05. The maximum atomic E-state index is 12.0. The second kappa shape index (κ2) is 6.67. The van der Waals surface area contributed by atoms with Crippen LogP contribution in [0.2, 0.25) is 5.02 Å². The van der Waals surface area contributed by atoms with Gasteiger partial charge in [-0.05, 0) is 24.1 Å². The minimum absolute atomic E-state index is 0.361. The number of morpholine rings is 1. The lowest BCUT2D eigenvalue weighted by Crippen LogP contribution is -2.47. The molecule has 1 saturated heterocycles. The summed E-state index contributed by atoms with van der Waals surface area (Å²) in [5, 5.41) is 0.661. The summed E-state index contributed by atoms with van der Waals surface area (Å²) in [6, 6.07) is 7.41. The molecule has 2 rings (SSSR count). The maximum absolute atomic E-state index is 12.0. The lowest BCUT2D eigenvalue weighted by molar-refractivity contribution is 0.0725. The van der Waals surface area contributed by atoms with Crippen LogP contribution in [0.1, 0.15) is 5.56 Å². The maximum Gasteiger partial charge on any atom is 0.279 e. The van der Waals surface area contributed by atoms with E-state index < -0.39 is 10.2 Å². The van der Waals surface area contributed by atoms with Crippen molar-refractivity contribution in [2.45, 2.75) is 6.42 Å². The Hall–Kier alpha value is -0.660. The van der Waals surface area contributed by atoms with E-state index in [2.05, 4.69) is 4.72 Å². The molecule has 1 aliphatic heterocycles. The molecule has 1 heterocycles. The van der Waals surface area contributed by atoms with Crippen molar-refractivity contribution in [1.29, 1.82) is 0 Å². The molecule has 1 aliphatic rings. The smallest absolute Gasteiger partial charge is 0.279 e. The van der Waals surface area contributed by atoms with Crippen LogP contribution in [0.3, 0.4) is 0 Å². The Morgan fingerprint density at radius 3 is 2.74 bits per heavy atom. The molecule has 1 aromatic carbocycles. The van der Waals surface area contributed by atoms with Crippen molar-refractivity contribution in [3.8, 4) is 0 Å². The van der Waals surface area contributed by atoms with Gasteiger partial charge in [-0.15, -0.1) is 0 Å². The highest BCUT2D eigenvalue weighted by Gasteiger charge is 2.23. The van der Waals surface area contributed by atoms with Crippen molar-refractivity contribution in [3.05, 3.63) is 34.9 Å². The number of halogens is 1. The molecule has 0 aliphatic carbocycles. The van der Waals surface area contributed by atoms with Crippen LogP contribution in [0.4, 0.5) is 0 Å². The van der Waals surface area contributed by atoms with Crippen LogP contribution >= 0.6 is 11.6 Å². The summed E-state index contributed by atoms with van der Waals surface area (Å²) in [4.78, 5) is 0. The first-order valence-electron chi connectivity index (χ1n) is 6.15. The van der Waals surface area contributed by atoms with Gasteiger partial charge in [0, 0.05) is 24.7 Å². The van der Waals surface area contributed by atoms with Gasteiger partial charge in [-0.3, -0.25) is 0 Å². The monoisotopic (exact) mass is 304 g/mol. The zero-order valence-corrected chi connectivity index (χ0v) is 12.1. The third-order valence-electron chi connectivity index (χ3n) is 2.90. The number of hydrogen-bond donors (Lipinski definition) is 1. The van der Waals surface area contributed by atoms with Gasteiger partial charge in [0.05, 0.1) is 13.2 Å². The Morgan fingerprint density at radius 2 is 2.05 bits per heavy atom. The molecule has 1 N–H and O–H groups in total. The van der Waals surface area contributed by atoms with Gasteiger partial charge in [-0.1, -0.05) is 23.7 Å². The molecule has 0 radical (unpaired) electrons. The van der Waals surface area contributed by atoms with E-state index in [0.29, 0.717) is 44.3 Å². The Bertz CT molecular complexity index is 515. The normalized spacial score (nSPS) is 17.5. The summed E-state index contributed by atoms with van der Waals surface area (Å²) >= 11 is 5.87. The minimum atomic E-state index is -3.39. The van der Waals surface area contributed by atoms with Crippen molar-refractivity contribution >= 4 is 21.8 Å². The van der Waals surface area contributed by atoms with E-state index in [1.807, 2.05) is 18.2 Å². The van der Waals surface area contributed by atoms with Crippen LogP contribution in [-0.2, 0) is 21.4 Å². The van der Waals surface area contributed by atoms with Gasteiger partial charge in [-0.25, -0.2) is 4.72 Å². The number of hydrogen-bond acceptors (Lipinski definition) is 3. The number of benzene rings is 1. The largest absolute Gasteiger partial charge is 0.379 e. The molecular formula is C12H17ClN2O3S. The Labute approximate surface area is 118 Å². The van der Waals surface area contributed by atoms with Crippen molar-refractivity contribution in [2.75, 3.05) is 32.8 Å². The lowest BCUT2D eigenvalue weighted by Gasteiger charge is -2.26. The van der Waals surface area contributed by atoms with Crippen molar-refractivity contribution < 1.29 is 13.2 Å². The number of nitrogens with zero attached hydrogens (tertiary/aromatic N) is 1.